The second-order valence-electron chi connectivity index (χ2n) is 7.84. The van der Waals surface area contributed by atoms with Crippen LogP contribution >= 0.6 is 0 Å². The number of rotatable bonds is 6. The van der Waals surface area contributed by atoms with Gasteiger partial charge in [-0.25, -0.2) is 4.98 Å². The quantitative estimate of drug-likeness (QED) is 0.503. The fourth-order valence-corrected chi connectivity index (χ4v) is 3.81. The highest BCUT2D eigenvalue weighted by molar-refractivity contribution is 5.85. The Balaban J connectivity index is 1.50. The van der Waals surface area contributed by atoms with Gasteiger partial charge in [0.05, 0.1) is 18.1 Å². The van der Waals surface area contributed by atoms with Gasteiger partial charge in [-0.1, -0.05) is 0 Å². The van der Waals surface area contributed by atoms with Crippen LogP contribution in [0.25, 0.3) is 21.9 Å². The smallest absolute Gasteiger partial charge is 0.272 e. The van der Waals surface area contributed by atoms with Gasteiger partial charge < -0.3 is 15.0 Å². The Labute approximate surface area is 180 Å². The Morgan fingerprint density at radius 1 is 1.16 bits per heavy atom. The highest BCUT2D eigenvalue weighted by atomic mass is 16.5. The van der Waals surface area contributed by atoms with E-state index in [0.717, 1.165) is 38.9 Å². The summed E-state index contributed by atoms with van der Waals surface area (Å²) in [5, 5.41) is 4.01. The van der Waals surface area contributed by atoms with Crippen molar-refractivity contribution < 1.29 is 9.53 Å². The number of hydrogen-bond donors (Lipinski definition) is 2. The van der Waals surface area contributed by atoms with Crippen molar-refractivity contribution in [2.75, 3.05) is 13.7 Å². The minimum absolute atomic E-state index is 0.0388. The summed E-state index contributed by atoms with van der Waals surface area (Å²) in [6, 6.07) is 9.75. The van der Waals surface area contributed by atoms with Gasteiger partial charge in [-0.3, -0.25) is 14.2 Å². The second kappa shape index (κ2) is 8.26. The molecule has 2 aromatic heterocycles. The molecule has 0 radical (unpaired) electrons. The summed E-state index contributed by atoms with van der Waals surface area (Å²) in [5.41, 5.74) is 5.83. The highest BCUT2D eigenvalue weighted by Crippen LogP contribution is 2.23. The van der Waals surface area contributed by atoms with Crippen molar-refractivity contribution in [3.8, 4) is 5.75 Å². The van der Waals surface area contributed by atoms with Crippen molar-refractivity contribution in [3.05, 3.63) is 69.3 Å². The number of amides is 1. The van der Waals surface area contributed by atoms with Crippen LogP contribution in [0.5, 0.6) is 5.75 Å². The van der Waals surface area contributed by atoms with Gasteiger partial charge in [-0.05, 0) is 74.2 Å². The van der Waals surface area contributed by atoms with E-state index in [-0.39, 0.29) is 18.0 Å². The summed E-state index contributed by atoms with van der Waals surface area (Å²) in [6.45, 7) is 6.10. The molecule has 0 aliphatic rings. The van der Waals surface area contributed by atoms with Crippen molar-refractivity contribution in [2.24, 2.45) is 0 Å². The van der Waals surface area contributed by atoms with E-state index in [9.17, 15) is 9.59 Å². The van der Waals surface area contributed by atoms with E-state index >= 15 is 0 Å². The summed E-state index contributed by atoms with van der Waals surface area (Å²) in [6.07, 6.45) is 2.62. The van der Waals surface area contributed by atoms with Gasteiger partial charge in [0.15, 0.2) is 0 Å². The first kappa shape index (κ1) is 20.7. The standard InChI is InChI=1S/C24H26N4O3/c1-14-9-21-22(10-15(14)2)28(24(30)16(3)27-21)13-23(29)25-8-7-17-12-26-20-6-5-18(31-4)11-19(17)20/h5-6,9-12,26H,7-8,13H2,1-4H3,(H,25,29). The van der Waals surface area contributed by atoms with Gasteiger partial charge in [-0.15, -0.1) is 0 Å². The Bertz CT molecular complexity index is 1350. The zero-order valence-electron chi connectivity index (χ0n) is 18.2. The number of nitrogens with zero attached hydrogens (tertiary/aromatic N) is 2. The summed E-state index contributed by atoms with van der Waals surface area (Å²) < 4.78 is 6.82. The number of methoxy groups -OCH3 is 1. The number of carbonyl (C=O) groups excluding carboxylic acids is 1. The SMILES string of the molecule is COc1ccc2[nH]cc(CCNC(=O)Cn3c(=O)c(C)nc4cc(C)c(C)cc43)c2c1. The molecule has 1 amide bonds. The number of fused-ring (bicyclic) bond motifs is 2. The number of aryl methyl sites for hydroxylation is 3. The van der Waals surface area contributed by atoms with Gasteiger partial charge in [0.1, 0.15) is 18.0 Å². The summed E-state index contributed by atoms with van der Waals surface area (Å²) in [5.74, 6) is 0.590. The molecule has 31 heavy (non-hydrogen) atoms. The first-order valence-corrected chi connectivity index (χ1v) is 10.3. The van der Waals surface area contributed by atoms with Crippen LogP contribution in [0, 0.1) is 20.8 Å². The molecule has 4 rings (SSSR count). The zero-order chi connectivity index (χ0) is 22.1. The maximum absolute atomic E-state index is 12.7. The first-order valence-electron chi connectivity index (χ1n) is 10.3. The number of H-pyrrole nitrogens is 1. The van der Waals surface area contributed by atoms with Crippen molar-refractivity contribution in [3.63, 3.8) is 0 Å². The van der Waals surface area contributed by atoms with Crippen molar-refractivity contribution >= 4 is 27.8 Å². The molecular weight excluding hydrogens is 392 g/mol. The molecule has 160 valence electrons. The number of nitrogens with one attached hydrogen (secondary N) is 2. The molecule has 7 heteroatoms. The maximum Gasteiger partial charge on any atom is 0.272 e. The van der Waals surface area contributed by atoms with Crippen LogP contribution in [0.3, 0.4) is 0 Å². The molecule has 0 unspecified atom stereocenters. The van der Waals surface area contributed by atoms with E-state index in [1.54, 1.807) is 14.0 Å². The van der Waals surface area contributed by atoms with Gasteiger partial charge >= 0.3 is 0 Å². The van der Waals surface area contributed by atoms with Crippen LogP contribution < -0.4 is 15.6 Å². The lowest BCUT2D eigenvalue weighted by molar-refractivity contribution is -0.121. The number of aromatic amines is 1. The van der Waals surface area contributed by atoms with E-state index in [1.807, 2.05) is 50.4 Å². The molecular formula is C24H26N4O3. The van der Waals surface area contributed by atoms with E-state index in [4.69, 9.17) is 4.74 Å². The normalized spacial score (nSPS) is 11.2. The average molecular weight is 418 g/mol. The van der Waals surface area contributed by atoms with Crippen molar-refractivity contribution in [1.82, 2.24) is 19.9 Å². The monoisotopic (exact) mass is 418 g/mol. The average Bonchev–Trinajstić information content (AvgIpc) is 3.15. The predicted molar refractivity (Wildman–Crippen MR) is 122 cm³/mol. The molecule has 0 saturated carbocycles. The number of benzene rings is 2. The molecule has 2 N–H and O–H groups in total. The number of aromatic nitrogens is 3. The lowest BCUT2D eigenvalue weighted by atomic mass is 10.1. The third-order valence-corrected chi connectivity index (χ3v) is 5.72. The minimum Gasteiger partial charge on any atom is -0.497 e. The third-order valence-electron chi connectivity index (χ3n) is 5.72. The largest absolute Gasteiger partial charge is 0.497 e. The second-order valence-corrected chi connectivity index (χ2v) is 7.84. The van der Waals surface area contributed by atoms with Gasteiger partial charge in [0.25, 0.3) is 5.56 Å². The Morgan fingerprint density at radius 3 is 2.71 bits per heavy atom. The predicted octanol–water partition coefficient (Wildman–Crippen LogP) is 3.17. The number of hydrogen-bond acceptors (Lipinski definition) is 4. The van der Waals surface area contributed by atoms with Crippen LogP contribution in [0.1, 0.15) is 22.4 Å². The Kier molecular flexibility index (Phi) is 5.50. The topological polar surface area (TPSA) is 89.0 Å². The van der Waals surface area contributed by atoms with E-state index in [2.05, 4.69) is 15.3 Å². The van der Waals surface area contributed by atoms with Crippen LogP contribution in [-0.2, 0) is 17.8 Å². The first-order chi connectivity index (χ1) is 14.9. The van der Waals surface area contributed by atoms with Crippen LogP contribution in [-0.4, -0.2) is 34.1 Å². The fraction of sp³-hybridized carbons (Fsp3) is 0.292. The third kappa shape index (κ3) is 4.03. The van der Waals surface area contributed by atoms with Crippen molar-refractivity contribution in [1.29, 1.82) is 0 Å². The number of carbonyl (C=O) groups is 1. The molecule has 0 atom stereocenters. The summed E-state index contributed by atoms with van der Waals surface area (Å²) in [4.78, 5) is 33.0. The van der Waals surface area contributed by atoms with E-state index in [1.165, 1.54) is 4.57 Å². The fourth-order valence-electron chi connectivity index (χ4n) is 3.81. The lowest BCUT2D eigenvalue weighted by Crippen LogP contribution is -2.34. The molecule has 0 aliphatic carbocycles. The maximum atomic E-state index is 12.7. The summed E-state index contributed by atoms with van der Waals surface area (Å²) >= 11 is 0. The zero-order valence-corrected chi connectivity index (χ0v) is 18.2. The summed E-state index contributed by atoms with van der Waals surface area (Å²) in [7, 11) is 1.64. The Hall–Kier alpha value is -3.61. The van der Waals surface area contributed by atoms with E-state index < -0.39 is 0 Å². The minimum atomic E-state index is -0.241. The van der Waals surface area contributed by atoms with Gasteiger partial charge in [0.2, 0.25) is 5.91 Å². The van der Waals surface area contributed by atoms with E-state index in [0.29, 0.717) is 24.2 Å². The van der Waals surface area contributed by atoms with Crippen LogP contribution in [0.2, 0.25) is 0 Å². The molecule has 2 aromatic carbocycles. The van der Waals surface area contributed by atoms with Gasteiger partial charge in [-0.2, -0.15) is 0 Å². The molecule has 0 bridgehead atoms. The van der Waals surface area contributed by atoms with Crippen LogP contribution in [0.4, 0.5) is 0 Å². The van der Waals surface area contributed by atoms with Crippen molar-refractivity contribution in [2.45, 2.75) is 33.7 Å². The molecule has 4 aromatic rings. The molecule has 7 nitrogen and oxygen atoms in total. The lowest BCUT2D eigenvalue weighted by Gasteiger charge is -2.13. The van der Waals surface area contributed by atoms with Crippen LogP contribution in [0.15, 0.2) is 41.3 Å². The number of ether oxygens (including phenoxy) is 1. The molecule has 0 aliphatic heterocycles. The molecule has 2 heterocycles. The molecule has 0 spiro atoms. The highest BCUT2D eigenvalue weighted by Gasteiger charge is 2.13. The molecule has 0 fully saturated rings. The van der Waals surface area contributed by atoms with Gasteiger partial charge in [0, 0.05) is 23.6 Å². The Morgan fingerprint density at radius 2 is 1.94 bits per heavy atom. The molecule has 0 saturated heterocycles.